The van der Waals surface area contributed by atoms with Crippen molar-refractivity contribution in [1.82, 2.24) is 20.5 Å². The number of rotatable bonds is 3. The zero-order valence-corrected chi connectivity index (χ0v) is 12.0. The highest BCUT2D eigenvalue weighted by molar-refractivity contribution is 5.93. The van der Waals surface area contributed by atoms with E-state index >= 15 is 0 Å². The number of aromatic nitrogens is 3. The minimum atomic E-state index is -0.323. The molecule has 7 nitrogen and oxygen atoms in total. The summed E-state index contributed by atoms with van der Waals surface area (Å²) in [7, 11) is 0. The molecule has 0 aliphatic rings. The largest absolute Gasteiger partial charge is 0.382 e. The highest BCUT2D eigenvalue weighted by Crippen LogP contribution is 2.19. The Morgan fingerprint density at radius 3 is 2.86 bits per heavy atom. The van der Waals surface area contributed by atoms with E-state index in [4.69, 9.17) is 5.73 Å². The van der Waals surface area contributed by atoms with Gasteiger partial charge in [-0.3, -0.25) is 10.4 Å². The summed E-state index contributed by atoms with van der Waals surface area (Å²) in [6.07, 6.45) is 1.57. The Morgan fingerprint density at radius 2 is 2.09 bits per heavy atom. The molecular formula is C15H16N6O. The Morgan fingerprint density at radius 1 is 1.32 bits per heavy atom. The topological polar surface area (TPSA) is 109 Å². The van der Waals surface area contributed by atoms with E-state index in [0.717, 1.165) is 16.5 Å². The highest BCUT2D eigenvalue weighted by atomic mass is 16.2. The molecule has 1 aromatic carbocycles. The third-order valence-electron chi connectivity index (χ3n) is 3.37. The smallest absolute Gasteiger partial charge is 0.320 e. The number of carbonyl (C=O) groups is 1. The second-order valence-electron chi connectivity index (χ2n) is 4.95. The number of fused-ring (bicyclic) bond motifs is 1. The van der Waals surface area contributed by atoms with Gasteiger partial charge in [-0.2, -0.15) is 5.10 Å². The summed E-state index contributed by atoms with van der Waals surface area (Å²) in [4.78, 5) is 16.2. The van der Waals surface area contributed by atoms with Crippen LogP contribution in [0.15, 0.2) is 42.6 Å². The second kappa shape index (κ2) is 5.72. The molecule has 0 radical (unpaired) electrons. The molecule has 0 aliphatic heterocycles. The number of pyridine rings is 1. The van der Waals surface area contributed by atoms with E-state index in [1.807, 2.05) is 37.3 Å². The third kappa shape index (κ3) is 2.83. The zero-order chi connectivity index (χ0) is 15.5. The average Bonchev–Trinajstić information content (AvgIpc) is 2.89. The quantitative estimate of drug-likeness (QED) is 0.595. The average molecular weight is 296 g/mol. The van der Waals surface area contributed by atoms with Crippen molar-refractivity contribution in [1.29, 1.82) is 0 Å². The number of aromatic amines is 1. The monoisotopic (exact) mass is 296 g/mol. The van der Waals surface area contributed by atoms with Gasteiger partial charge in [0.2, 0.25) is 0 Å². The molecular weight excluding hydrogens is 280 g/mol. The van der Waals surface area contributed by atoms with Crippen LogP contribution in [0.4, 0.5) is 16.4 Å². The maximum Gasteiger partial charge on any atom is 0.320 e. The molecule has 2 heterocycles. The standard InChI is InChI=1S/C15H16N6O/c1-9(10-5-3-2-4-6-10)18-15(22)19-13-7-12-11(8-17-13)14(16)21-20-12/h2-9H,1H3,(H3,16,20,21)(H2,17,18,19,22). The summed E-state index contributed by atoms with van der Waals surface area (Å²) in [5, 5.41) is 12.9. The number of amides is 2. The predicted molar refractivity (Wildman–Crippen MR) is 85.3 cm³/mol. The highest BCUT2D eigenvalue weighted by Gasteiger charge is 2.10. The molecule has 0 saturated carbocycles. The number of nitrogens with zero attached hydrogens (tertiary/aromatic N) is 2. The van der Waals surface area contributed by atoms with E-state index in [1.165, 1.54) is 0 Å². The number of nitrogens with one attached hydrogen (secondary N) is 3. The number of benzene rings is 1. The molecule has 0 fully saturated rings. The zero-order valence-electron chi connectivity index (χ0n) is 12.0. The molecule has 0 bridgehead atoms. The van der Waals surface area contributed by atoms with E-state index in [0.29, 0.717) is 11.6 Å². The number of carbonyl (C=O) groups excluding carboxylic acids is 1. The minimum absolute atomic E-state index is 0.104. The van der Waals surface area contributed by atoms with Gasteiger partial charge in [-0.15, -0.1) is 0 Å². The number of hydrogen-bond acceptors (Lipinski definition) is 4. The van der Waals surface area contributed by atoms with E-state index < -0.39 is 0 Å². The number of urea groups is 1. The Bertz CT molecular complexity index is 798. The van der Waals surface area contributed by atoms with Crippen LogP contribution < -0.4 is 16.4 Å². The van der Waals surface area contributed by atoms with Crippen LogP contribution in [0, 0.1) is 0 Å². The van der Waals surface area contributed by atoms with Crippen LogP contribution in [-0.2, 0) is 0 Å². The van der Waals surface area contributed by atoms with Crippen molar-refractivity contribution < 1.29 is 4.79 Å². The predicted octanol–water partition coefficient (Wildman–Crippen LogP) is 2.42. The molecule has 0 aliphatic carbocycles. The van der Waals surface area contributed by atoms with Crippen LogP contribution in [0.1, 0.15) is 18.5 Å². The molecule has 3 rings (SSSR count). The summed E-state index contributed by atoms with van der Waals surface area (Å²) in [6, 6.07) is 11.0. The summed E-state index contributed by atoms with van der Waals surface area (Å²) in [6.45, 7) is 1.92. The van der Waals surface area contributed by atoms with E-state index in [9.17, 15) is 4.79 Å². The van der Waals surface area contributed by atoms with Crippen molar-refractivity contribution >= 4 is 28.6 Å². The van der Waals surface area contributed by atoms with Crippen LogP contribution in [0.3, 0.4) is 0 Å². The fourth-order valence-corrected chi connectivity index (χ4v) is 2.18. The number of nitrogens with two attached hydrogens (primary N) is 1. The fraction of sp³-hybridized carbons (Fsp3) is 0.133. The van der Waals surface area contributed by atoms with Crippen LogP contribution in [0.2, 0.25) is 0 Å². The van der Waals surface area contributed by atoms with Crippen molar-refractivity contribution in [3.63, 3.8) is 0 Å². The van der Waals surface area contributed by atoms with Gasteiger partial charge in [0.15, 0.2) is 5.82 Å². The minimum Gasteiger partial charge on any atom is -0.382 e. The number of nitrogen functional groups attached to an aromatic ring is 1. The third-order valence-corrected chi connectivity index (χ3v) is 3.37. The van der Waals surface area contributed by atoms with Crippen molar-refractivity contribution in [2.45, 2.75) is 13.0 Å². The Kier molecular flexibility index (Phi) is 3.61. The first-order chi connectivity index (χ1) is 10.6. The van der Waals surface area contributed by atoms with Crippen LogP contribution >= 0.6 is 0 Å². The molecule has 0 spiro atoms. The maximum absolute atomic E-state index is 12.0. The van der Waals surface area contributed by atoms with Crippen LogP contribution in [0.25, 0.3) is 10.9 Å². The van der Waals surface area contributed by atoms with E-state index in [1.54, 1.807) is 12.3 Å². The first-order valence-corrected chi connectivity index (χ1v) is 6.85. The van der Waals surface area contributed by atoms with Crippen molar-refractivity contribution in [3.8, 4) is 0 Å². The Hall–Kier alpha value is -3.09. The SMILES string of the molecule is CC(NC(=O)Nc1cc2[nH]nc(N)c2cn1)c1ccccc1. The van der Waals surface area contributed by atoms with Crippen LogP contribution in [-0.4, -0.2) is 21.2 Å². The molecule has 1 atom stereocenters. The van der Waals surface area contributed by atoms with Crippen molar-refractivity contribution in [3.05, 3.63) is 48.2 Å². The normalized spacial score (nSPS) is 12.0. The summed E-state index contributed by atoms with van der Waals surface area (Å²) in [5.74, 6) is 0.810. The summed E-state index contributed by atoms with van der Waals surface area (Å²) in [5.41, 5.74) is 7.43. The summed E-state index contributed by atoms with van der Waals surface area (Å²) < 4.78 is 0. The number of hydrogen-bond donors (Lipinski definition) is 4. The molecule has 5 N–H and O–H groups in total. The lowest BCUT2D eigenvalue weighted by molar-refractivity contribution is 0.249. The molecule has 3 aromatic rings. The van der Waals surface area contributed by atoms with Gasteiger partial charge in [0.1, 0.15) is 5.82 Å². The van der Waals surface area contributed by atoms with Gasteiger partial charge in [0.05, 0.1) is 16.9 Å². The van der Waals surface area contributed by atoms with Gasteiger partial charge in [0, 0.05) is 12.3 Å². The number of H-pyrrole nitrogens is 1. The Labute approximate surface area is 126 Å². The Balaban J connectivity index is 1.67. The first kappa shape index (κ1) is 13.9. The lowest BCUT2D eigenvalue weighted by Crippen LogP contribution is -2.31. The van der Waals surface area contributed by atoms with Gasteiger partial charge in [-0.25, -0.2) is 9.78 Å². The molecule has 22 heavy (non-hydrogen) atoms. The van der Waals surface area contributed by atoms with E-state index in [-0.39, 0.29) is 12.1 Å². The summed E-state index contributed by atoms with van der Waals surface area (Å²) >= 11 is 0. The second-order valence-corrected chi connectivity index (χ2v) is 4.95. The fourth-order valence-electron chi connectivity index (χ4n) is 2.18. The van der Waals surface area contributed by atoms with Gasteiger partial charge in [0.25, 0.3) is 0 Å². The van der Waals surface area contributed by atoms with Crippen molar-refractivity contribution in [2.75, 3.05) is 11.1 Å². The van der Waals surface area contributed by atoms with Crippen molar-refractivity contribution in [2.24, 2.45) is 0 Å². The molecule has 2 amide bonds. The lowest BCUT2D eigenvalue weighted by atomic mass is 10.1. The van der Waals surface area contributed by atoms with Gasteiger partial charge >= 0.3 is 6.03 Å². The molecule has 0 saturated heterocycles. The first-order valence-electron chi connectivity index (χ1n) is 6.85. The van der Waals surface area contributed by atoms with Crippen LogP contribution in [0.5, 0.6) is 0 Å². The molecule has 1 unspecified atom stereocenters. The lowest BCUT2D eigenvalue weighted by Gasteiger charge is -2.14. The van der Waals surface area contributed by atoms with Gasteiger partial charge in [-0.1, -0.05) is 30.3 Å². The van der Waals surface area contributed by atoms with Gasteiger partial charge in [-0.05, 0) is 12.5 Å². The number of anilines is 2. The van der Waals surface area contributed by atoms with E-state index in [2.05, 4.69) is 25.8 Å². The maximum atomic E-state index is 12.0. The molecule has 112 valence electrons. The molecule has 7 heteroatoms. The van der Waals surface area contributed by atoms with Gasteiger partial charge < -0.3 is 11.1 Å². The molecule has 2 aromatic heterocycles.